The summed E-state index contributed by atoms with van der Waals surface area (Å²) in [5.74, 6) is 0.768. The lowest BCUT2D eigenvalue weighted by atomic mass is 10.0. The summed E-state index contributed by atoms with van der Waals surface area (Å²) in [6, 6.07) is 11.4. The highest BCUT2D eigenvalue weighted by molar-refractivity contribution is 5.89. The van der Waals surface area contributed by atoms with Crippen LogP contribution < -0.4 is 15.4 Å². The Morgan fingerprint density at radius 2 is 2.08 bits per heavy atom. The number of hydrogen-bond donors (Lipinski definition) is 2. The van der Waals surface area contributed by atoms with E-state index in [4.69, 9.17) is 4.74 Å². The molecule has 1 aliphatic heterocycles. The number of aromatic nitrogens is 1. The zero-order chi connectivity index (χ0) is 16.8. The lowest BCUT2D eigenvalue weighted by Gasteiger charge is -2.36. The van der Waals surface area contributed by atoms with Crippen LogP contribution in [-0.2, 0) is 6.42 Å². The Morgan fingerprint density at radius 1 is 1.31 bits per heavy atom. The number of benzene rings is 1. The molecule has 0 spiro atoms. The maximum absolute atomic E-state index is 12.7. The number of amides is 2. The van der Waals surface area contributed by atoms with Gasteiger partial charge in [-0.3, -0.25) is 4.98 Å². The van der Waals surface area contributed by atoms with Crippen molar-refractivity contribution in [3.63, 3.8) is 0 Å². The topological polar surface area (TPSA) is 66.5 Å². The summed E-state index contributed by atoms with van der Waals surface area (Å²) in [7, 11) is 1.62. The Balaban J connectivity index is 0.00000169. The standard InChI is InChI=1S/C18H22N4O2.2ClH/c1-24-17-6-4-15(5-7-17)21-18(23)22-10-9-20-13-16(22)11-14-3-2-8-19-12-14;;/h2-8,12,16,20H,9-11,13H2,1H3,(H,21,23);2*1H. The predicted octanol–water partition coefficient (Wildman–Crippen LogP) is 2.98. The molecule has 3 rings (SSSR count). The summed E-state index contributed by atoms with van der Waals surface area (Å²) in [5, 5.41) is 6.33. The lowest BCUT2D eigenvalue weighted by Crippen LogP contribution is -2.55. The van der Waals surface area contributed by atoms with Gasteiger partial charge in [-0.05, 0) is 42.3 Å². The van der Waals surface area contributed by atoms with E-state index in [0.717, 1.165) is 36.5 Å². The molecular weight excluding hydrogens is 375 g/mol. The zero-order valence-corrected chi connectivity index (χ0v) is 16.2. The number of urea groups is 1. The molecule has 2 heterocycles. The number of nitrogens with one attached hydrogen (secondary N) is 2. The van der Waals surface area contributed by atoms with E-state index in [0.29, 0.717) is 6.54 Å². The van der Waals surface area contributed by atoms with Crippen molar-refractivity contribution in [1.29, 1.82) is 0 Å². The van der Waals surface area contributed by atoms with Gasteiger partial charge in [-0.25, -0.2) is 4.79 Å². The van der Waals surface area contributed by atoms with Crippen LogP contribution in [-0.4, -0.2) is 48.7 Å². The SMILES string of the molecule is COc1ccc(NC(=O)N2CCNCC2Cc2cccnc2)cc1.Cl.Cl. The molecular formula is C18H24Cl2N4O2. The van der Waals surface area contributed by atoms with E-state index < -0.39 is 0 Å². The second kappa shape index (κ2) is 10.9. The van der Waals surface area contributed by atoms with Crippen molar-refractivity contribution in [2.45, 2.75) is 12.5 Å². The Morgan fingerprint density at radius 3 is 2.73 bits per heavy atom. The first-order valence-corrected chi connectivity index (χ1v) is 8.07. The molecule has 1 unspecified atom stereocenters. The molecule has 1 fully saturated rings. The minimum absolute atomic E-state index is 0. The summed E-state index contributed by atoms with van der Waals surface area (Å²) >= 11 is 0. The zero-order valence-electron chi connectivity index (χ0n) is 14.6. The van der Waals surface area contributed by atoms with Crippen LogP contribution >= 0.6 is 24.8 Å². The third kappa shape index (κ3) is 5.76. The number of carbonyl (C=O) groups is 1. The van der Waals surface area contributed by atoms with Gasteiger partial charge in [-0.1, -0.05) is 6.07 Å². The van der Waals surface area contributed by atoms with Crippen molar-refractivity contribution < 1.29 is 9.53 Å². The second-order valence-corrected chi connectivity index (χ2v) is 5.78. The molecule has 1 aromatic heterocycles. The van der Waals surface area contributed by atoms with E-state index in [1.165, 1.54) is 0 Å². The highest BCUT2D eigenvalue weighted by Gasteiger charge is 2.26. The Hall–Kier alpha value is -2.02. The molecule has 1 saturated heterocycles. The summed E-state index contributed by atoms with van der Waals surface area (Å²) in [6.07, 6.45) is 4.40. The number of nitrogens with zero attached hydrogens (tertiary/aromatic N) is 2. The van der Waals surface area contributed by atoms with Crippen molar-refractivity contribution in [2.75, 3.05) is 32.1 Å². The number of pyridine rings is 1. The van der Waals surface area contributed by atoms with Crippen LogP contribution in [0.3, 0.4) is 0 Å². The first-order valence-electron chi connectivity index (χ1n) is 8.07. The highest BCUT2D eigenvalue weighted by Crippen LogP contribution is 2.17. The van der Waals surface area contributed by atoms with Crippen LogP contribution in [0.15, 0.2) is 48.8 Å². The lowest BCUT2D eigenvalue weighted by molar-refractivity contribution is 0.170. The molecule has 1 aliphatic rings. The number of carbonyl (C=O) groups excluding carboxylic acids is 1. The van der Waals surface area contributed by atoms with Gasteiger partial charge in [-0.15, -0.1) is 24.8 Å². The first-order chi connectivity index (χ1) is 11.8. The second-order valence-electron chi connectivity index (χ2n) is 5.78. The fourth-order valence-electron chi connectivity index (χ4n) is 2.87. The minimum atomic E-state index is -0.0736. The number of hydrogen-bond acceptors (Lipinski definition) is 4. The molecule has 6 nitrogen and oxygen atoms in total. The quantitative estimate of drug-likeness (QED) is 0.830. The summed E-state index contributed by atoms with van der Waals surface area (Å²) in [6.45, 7) is 2.28. The number of piperazine rings is 1. The Labute approximate surface area is 166 Å². The maximum atomic E-state index is 12.7. The van der Waals surface area contributed by atoms with Gasteiger partial charge in [-0.2, -0.15) is 0 Å². The minimum Gasteiger partial charge on any atom is -0.497 e. The van der Waals surface area contributed by atoms with Crippen LogP contribution in [0.1, 0.15) is 5.56 Å². The predicted molar refractivity (Wildman–Crippen MR) is 108 cm³/mol. The third-order valence-electron chi connectivity index (χ3n) is 4.15. The highest BCUT2D eigenvalue weighted by atomic mass is 35.5. The van der Waals surface area contributed by atoms with Crippen LogP contribution in [0.5, 0.6) is 5.75 Å². The molecule has 8 heteroatoms. The van der Waals surface area contributed by atoms with Gasteiger partial charge in [0.15, 0.2) is 0 Å². The van der Waals surface area contributed by atoms with Gasteiger partial charge in [0.05, 0.1) is 13.2 Å². The molecule has 1 atom stereocenters. The van der Waals surface area contributed by atoms with Crippen LogP contribution in [0.25, 0.3) is 0 Å². The normalized spacial score (nSPS) is 16.0. The number of methoxy groups -OCH3 is 1. The van der Waals surface area contributed by atoms with Gasteiger partial charge in [0.2, 0.25) is 0 Å². The van der Waals surface area contributed by atoms with Crippen LogP contribution in [0, 0.1) is 0 Å². The van der Waals surface area contributed by atoms with Gasteiger partial charge < -0.3 is 20.3 Å². The molecule has 1 aromatic carbocycles. The number of ether oxygens (including phenoxy) is 1. The van der Waals surface area contributed by atoms with E-state index in [2.05, 4.69) is 15.6 Å². The van der Waals surface area contributed by atoms with Gasteiger partial charge in [0.1, 0.15) is 5.75 Å². The Kier molecular flexibility index (Phi) is 9.19. The van der Waals surface area contributed by atoms with Crippen molar-refractivity contribution in [3.05, 3.63) is 54.4 Å². The monoisotopic (exact) mass is 398 g/mol. The van der Waals surface area contributed by atoms with Crippen molar-refractivity contribution in [1.82, 2.24) is 15.2 Å². The van der Waals surface area contributed by atoms with E-state index >= 15 is 0 Å². The fourth-order valence-corrected chi connectivity index (χ4v) is 2.87. The van der Waals surface area contributed by atoms with Gasteiger partial charge in [0, 0.05) is 37.7 Å². The van der Waals surface area contributed by atoms with Gasteiger partial charge >= 0.3 is 6.03 Å². The van der Waals surface area contributed by atoms with Gasteiger partial charge in [0.25, 0.3) is 0 Å². The molecule has 0 bridgehead atoms. The molecule has 2 amide bonds. The molecule has 142 valence electrons. The van der Waals surface area contributed by atoms with E-state index in [-0.39, 0.29) is 36.9 Å². The molecule has 0 aliphatic carbocycles. The molecule has 26 heavy (non-hydrogen) atoms. The van der Waals surface area contributed by atoms with E-state index in [1.807, 2.05) is 47.5 Å². The third-order valence-corrected chi connectivity index (χ3v) is 4.15. The smallest absolute Gasteiger partial charge is 0.322 e. The fraction of sp³-hybridized carbons (Fsp3) is 0.333. The first kappa shape index (κ1) is 22.0. The van der Waals surface area contributed by atoms with Crippen LogP contribution in [0.4, 0.5) is 10.5 Å². The number of halogens is 2. The van der Waals surface area contributed by atoms with Crippen LogP contribution in [0.2, 0.25) is 0 Å². The van der Waals surface area contributed by atoms with Crippen molar-refractivity contribution >= 4 is 36.5 Å². The average Bonchev–Trinajstić information content (AvgIpc) is 2.63. The average molecular weight is 399 g/mol. The Bertz CT molecular complexity index is 671. The van der Waals surface area contributed by atoms with E-state index in [9.17, 15) is 4.79 Å². The van der Waals surface area contributed by atoms with E-state index in [1.54, 1.807) is 13.3 Å². The van der Waals surface area contributed by atoms with Crippen molar-refractivity contribution in [3.8, 4) is 5.75 Å². The summed E-state index contributed by atoms with van der Waals surface area (Å²) < 4.78 is 5.14. The molecule has 0 saturated carbocycles. The molecule has 2 N–H and O–H groups in total. The number of anilines is 1. The summed E-state index contributed by atoms with van der Waals surface area (Å²) in [5.41, 5.74) is 1.90. The maximum Gasteiger partial charge on any atom is 0.322 e. The molecule has 0 radical (unpaired) electrons. The van der Waals surface area contributed by atoms with Crippen molar-refractivity contribution in [2.24, 2.45) is 0 Å². The summed E-state index contributed by atoms with van der Waals surface area (Å²) in [4.78, 5) is 18.7. The largest absolute Gasteiger partial charge is 0.497 e. The number of rotatable bonds is 4. The molecule has 2 aromatic rings.